The smallest absolute Gasteiger partial charge is 0.438 e. The van der Waals surface area contributed by atoms with Crippen LogP contribution in [0.15, 0.2) is 36.5 Å². The first kappa shape index (κ1) is 24.8. The van der Waals surface area contributed by atoms with Gasteiger partial charge in [0.1, 0.15) is 11.5 Å². The summed E-state index contributed by atoms with van der Waals surface area (Å²) in [5.74, 6) is -0.182. The quantitative estimate of drug-likeness (QED) is 0.364. The summed E-state index contributed by atoms with van der Waals surface area (Å²) in [6.07, 6.45) is -0.855. The lowest BCUT2D eigenvalue weighted by molar-refractivity contribution is -0.0503. The third-order valence-corrected chi connectivity index (χ3v) is 5.01. The van der Waals surface area contributed by atoms with Crippen LogP contribution in [0.25, 0.3) is 22.6 Å². The Morgan fingerprint density at radius 3 is 2.43 bits per heavy atom. The number of hydrogen-bond acceptors (Lipinski definition) is 8. The Hall–Kier alpha value is -3.36. The predicted octanol–water partition coefficient (Wildman–Crippen LogP) is 1.56. The standard InChI is InChI=1S/C19H16F2N6O3.H3O4P/c20-14-7-12(26-9-16(17(21)28)30-19(26)29)4-5-13(14)10-1-6-15(22-8-10)18-23-25-27(24-18)11-2-3-11;1-5(2,3)4/h1,4-8,11,16-17,28H,2-3,9H2;(H3,1,2,3,4)/t16-,17?;/m1./s1. The predicted molar refractivity (Wildman–Crippen MR) is 114 cm³/mol. The highest BCUT2D eigenvalue weighted by molar-refractivity contribution is 7.45. The van der Waals surface area contributed by atoms with Gasteiger partial charge < -0.3 is 24.5 Å². The highest BCUT2D eigenvalue weighted by Gasteiger charge is 2.37. The summed E-state index contributed by atoms with van der Waals surface area (Å²) < 4.78 is 41.3. The number of nitrogens with zero attached hydrogens (tertiary/aromatic N) is 6. The van der Waals surface area contributed by atoms with Gasteiger partial charge in [-0.2, -0.15) is 4.80 Å². The number of aliphatic hydroxyl groups excluding tert-OH is 1. The van der Waals surface area contributed by atoms with E-state index in [0.717, 1.165) is 23.8 Å². The van der Waals surface area contributed by atoms with Crippen LogP contribution in [0, 0.1) is 5.82 Å². The van der Waals surface area contributed by atoms with Crippen molar-refractivity contribution in [2.45, 2.75) is 31.3 Å². The van der Waals surface area contributed by atoms with Crippen molar-refractivity contribution in [3.8, 4) is 22.6 Å². The molecule has 1 amide bonds. The molecule has 1 aliphatic heterocycles. The number of aromatic nitrogens is 5. The highest BCUT2D eigenvalue weighted by Crippen LogP contribution is 2.33. The summed E-state index contributed by atoms with van der Waals surface area (Å²) in [6.45, 7) is -0.208. The summed E-state index contributed by atoms with van der Waals surface area (Å²) >= 11 is 0. The second kappa shape index (κ2) is 9.71. The van der Waals surface area contributed by atoms with Crippen LogP contribution in [0.5, 0.6) is 0 Å². The van der Waals surface area contributed by atoms with Crippen LogP contribution < -0.4 is 4.90 Å². The number of carbonyl (C=O) groups excluding carboxylic acids is 1. The minimum absolute atomic E-state index is 0.204. The Morgan fingerprint density at radius 2 is 1.89 bits per heavy atom. The largest absolute Gasteiger partial charge is 0.466 e. The van der Waals surface area contributed by atoms with Crippen LogP contribution in [0.1, 0.15) is 18.9 Å². The van der Waals surface area contributed by atoms with Gasteiger partial charge in [-0.15, -0.1) is 10.2 Å². The van der Waals surface area contributed by atoms with Gasteiger partial charge in [-0.1, -0.05) is 6.07 Å². The van der Waals surface area contributed by atoms with E-state index >= 15 is 0 Å². The molecule has 2 atom stereocenters. The zero-order chi connectivity index (χ0) is 25.3. The van der Waals surface area contributed by atoms with Gasteiger partial charge in [0.2, 0.25) is 12.2 Å². The number of tetrazole rings is 1. The van der Waals surface area contributed by atoms with E-state index in [1.165, 1.54) is 18.3 Å². The maximum atomic E-state index is 14.7. The van der Waals surface area contributed by atoms with E-state index in [-0.39, 0.29) is 17.8 Å². The normalized spacial score (nSPS) is 18.6. The molecule has 13 nitrogen and oxygen atoms in total. The molecule has 0 bridgehead atoms. The molecule has 1 aromatic carbocycles. The molecule has 16 heteroatoms. The molecule has 2 aromatic heterocycles. The van der Waals surface area contributed by atoms with E-state index in [1.807, 2.05) is 0 Å². The number of cyclic esters (lactones) is 1. The highest BCUT2D eigenvalue weighted by atomic mass is 31.2. The van der Waals surface area contributed by atoms with Gasteiger partial charge in [-0.25, -0.2) is 18.1 Å². The summed E-state index contributed by atoms with van der Waals surface area (Å²) in [6, 6.07) is 7.85. The zero-order valence-corrected chi connectivity index (χ0v) is 18.6. The minimum Gasteiger partial charge on any atom is -0.438 e. The third-order valence-electron chi connectivity index (χ3n) is 5.01. The maximum Gasteiger partial charge on any atom is 0.466 e. The number of alkyl halides is 1. The van der Waals surface area contributed by atoms with Crippen LogP contribution in [-0.2, 0) is 9.30 Å². The Balaban J connectivity index is 0.000000527. The fraction of sp³-hybridized carbons (Fsp3) is 0.316. The van der Waals surface area contributed by atoms with Gasteiger partial charge in [-0.05, 0) is 42.3 Å². The fourth-order valence-corrected chi connectivity index (χ4v) is 3.22. The van der Waals surface area contributed by atoms with Crippen molar-refractivity contribution in [3.05, 3.63) is 42.3 Å². The topological polar surface area (TPSA) is 184 Å². The molecule has 1 aliphatic carbocycles. The number of aliphatic hydroxyl groups is 1. The number of hydrogen-bond donors (Lipinski definition) is 4. The maximum absolute atomic E-state index is 14.7. The van der Waals surface area contributed by atoms with Crippen LogP contribution in [-0.4, -0.2) is 70.1 Å². The van der Waals surface area contributed by atoms with Crippen molar-refractivity contribution in [2.75, 3.05) is 11.4 Å². The molecule has 1 unspecified atom stereocenters. The molecule has 3 aromatic rings. The van der Waals surface area contributed by atoms with Crippen molar-refractivity contribution >= 4 is 19.6 Å². The zero-order valence-electron chi connectivity index (χ0n) is 17.7. The molecular weight excluding hydrogens is 493 g/mol. The number of ether oxygens (including phenoxy) is 1. The second-order valence-corrected chi connectivity index (χ2v) is 8.71. The van der Waals surface area contributed by atoms with Gasteiger partial charge in [0.25, 0.3) is 0 Å². The summed E-state index contributed by atoms with van der Waals surface area (Å²) in [5.41, 5.74) is 1.54. The van der Waals surface area contributed by atoms with E-state index in [0.29, 0.717) is 23.1 Å². The van der Waals surface area contributed by atoms with Crippen LogP contribution in [0.4, 0.5) is 19.3 Å². The monoisotopic (exact) mass is 512 g/mol. The Morgan fingerprint density at radius 1 is 1.17 bits per heavy atom. The molecular formula is C19H19F2N6O7P. The van der Waals surface area contributed by atoms with E-state index < -0.39 is 32.2 Å². The molecule has 3 heterocycles. The first-order valence-corrected chi connectivity index (χ1v) is 11.7. The SMILES string of the molecule is O=C1O[C@@H](C(O)F)CN1c1ccc(-c2ccc(-c3nnn(C4CC4)n3)nc2)c(F)c1.O=P(O)(O)O. The van der Waals surface area contributed by atoms with Crippen molar-refractivity contribution < 1.29 is 42.7 Å². The van der Waals surface area contributed by atoms with Crippen molar-refractivity contribution in [3.63, 3.8) is 0 Å². The number of amides is 1. The molecule has 0 radical (unpaired) electrons. The van der Waals surface area contributed by atoms with Crippen LogP contribution in [0.2, 0.25) is 0 Å². The average Bonchev–Trinajstić information content (AvgIpc) is 3.37. The average molecular weight is 512 g/mol. The fourth-order valence-electron chi connectivity index (χ4n) is 3.22. The van der Waals surface area contributed by atoms with Crippen molar-refractivity contribution in [2.24, 2.45) is 0 Å². The lowest BCUT2D eigenvalue weighted by Crippen LogP contribution is -2.28. The number of anilines is 1. The molecule has 2 fully saturated rings. The first-order chi connectivity index (χ1) is 16.5. The Labute approximate surface area is 195 Å². The molecule has 0 spiro atoms. The minimum atomic E-state index is -4.64. The van der Waals surface area contributed by atoms with E-state index in [4.69, 9.17) is 29.1 Å². The number of rotatable bonds is 5. The van der Waals surface area contributed by atoms with E-state index in [9.17, 15) is 13.6 Å². The summed E-state index contributed by atoms with van der Waals surface area (Å²) in [4.78, 5) is 40.4. The van der Waals surface area contributed by atoms with Crippen LogP contribution in [0.3, 0.4) is 0 Å². The van der Waals surface area contributed by atoms with Crippen molar-refractivity contribution in [1.29, 1.82) is 0 Å². The molecule has 2 aliphatic rings. The first-order valence-electron chi connectivity index (χ1n) is 10.1. The molecule has 5 rings (SSSR count). The number of halogens is 2. The third kappa shape index (κ3) is 6.21. The van der Waals surface area contributed by atoms with E-state index in [2.05, 4.69) is 20.4 Å². The van der Waals surface area contributed by atoms with Crippen LogP contribution >= 0.6 is 7.82 Å². The number of benzene rings is 1. The van der Waals surface area contributed by atoms with Gasteiger partial charge >= 0.3 is 13.9 Å². The van der Waals surface area contributed by atoms with Gasteiger partial charge in [0.15, 0.2) is 6.10 Å². The lowest BCUT2D eigenvalue weighted by Gasteiger charge is -2.14. The van der Waals surface area contributed by atoms with Crippen molar-refractivity contribution in [1.82, 2.24) is 25.2 Å². The molecule has 1 saturated heterocycles. The molecule has 35 heavy (non-hydrogen) atoms. The van der Waals surface area contributed by atoms with Gasteiger partial charge in [0, 0.05) is 17.3 Å². The molecule has 1 saturated carbocycles. The number of phosphoric acid groups is 1. The number of carbonyl (C=O) groups is 1. The lowest BCUT2D eigenvalue weighted by atomic mass is 10.1. The van der Waals surface area contributed by atoms with Gasteiger partial charge in [-0.3, -0.25) is 9.88 Å². The molecule has 186 valence electrons. The van der Waals surface area contributed by atoms with E-state index in [1.54, 1.807) is 16.9 Å². The Kier molecular flexibility index (Phi) is 6.87. The Bertz CT molecular complexity index is 1260. The molecule has 4 N–H and O–H groups in total. The second-order valence-electron chi connectivity index (χ2n) is 7.68. The number of pyridine rings is 1. The van der Waals surface area contributed by atoms with Gasteiger partial charge in [0.05, 0.1) is 18.3 Å². The summed E-state index contributed by atoms with van der Waals surface area (Å²) in [5, 5.41) is 21.3. The summed E-state index contributed by atoms with van der Waals surface area (Å²) in [7, 11) is -4.64.